The first-order chi connectivity index (χ1) is 15.5. The molecule has 3 aromatic carbocycles. The standard InChI is InChI=1S/C24H17F2N5O/c25-15-10-8-14(9-11-15)13-28-24(32)20-21-23(30-19-7-2-1-6-18(19)29-21)31(22(20)27)17-5-3-4-16(26)12-17/h1-12H,13,27H2,(H,28,32). The van der Waals surface area contributed by atoms with Crippen molar-refractivity contribution in [3.63, 3.8) is 0 Å². The molecule has 0 aliphatic carbocycles. The van der Waals surface area contributed by atoms with Gasteiger partial charge in [-0.2, -0.15) is 0 Å². The summed E-state index contributed by atoms with van der Waals surface area (Å²) in [5.74, 6) is -1.17. The molecule has 2 aromatic heterocycles. The van der Waals surface area contributed by atoms with Crippen molar-refractivity contribution in [1.29, 1.82) is 0 Å². The Morgan fingerprint density at radius 2 is 1.62 bits per heavy atom. The van der Waals surface area contributed by atoms with Crippen LogP contribution in [0, 0.1) is 11.6 Å². The highest BCUT2D eigenvalue weighted by Crippen LogP contribution is 2.31. The van der Waals surface area contributed by atoms with Crippen molar-refractivity contribution in [2.24, 2.45) is 0 Å². The summed E-state index contributed by atoms with van der Waals surface area (Å²) in [4.78, 5) is 22.4. The molecule has 1 amide bonds. The number of hydrogen-bond acceptors (Lipinski definition) is 4. The molecule has 0 aliphatic rings. The van der Waals surface area contributed by atoms with Crippen molar-refractivity contribution in [3.05, 3.63) is 95.6 Å². The van der Waals surface area contributed by atoms with Crippen LogP contribution in [0.1, 0.15) is 15.9 Å². The number of carbonyl (C=O) groups excluding carboxylic acids is 1. The van der Waals surface area contributed by atoms with Crippen LogP contribution in [0.4, 0.5) is 14.6 Å². The van der Waals surface area contributed by atoms with Gasteiger partial charge >= 0.3 is 0 Å². The van der Waals surface area contributed by atoms with Crippen LogP contribution in [-0.2, 0) is 6.54 Å². The second kappa shape index (κ2) is 7.73. The number of fused-ring (bicyclic) bond motifs is 2. The van der Waals surface area contributed by atoms with Gasteiger partial charge < -0.3 is 11.1 Å². The van der Waals surface area contributed by atoms with Gasteiger partial charge in [0.15, 0.2) is 5.65 Å². The lowest BCUT2D eigenvalue weighted by atomic mass is 10.2. The topological polar surface area (TPSA) is 85.8 Å². The molecule has 5 rings (SSSR count). The molecule has 0 radical (unpaired) electrons. The van der Waals surface area contributed by atoms with Gasteiger partial charge in [0.05, 0.1) is 16.7 Å². The van der Waals surface area contributed by atoms with E-state index in [1.807, 2.05) is 12.1 Å². The number of nitrogens with two attached hydrogens (primary N) is 1. The molecule has 0 saturated heterocycles. The van der Waals surface area contributed by atoms with Gasteiger partial charge in [0.1, 0.15) is 28.5 Å². The van der Waals surface area contributed by atoms with Crippen LogP contribution < -0.4 is 11.1 Å². The SMILES string of the molecule is Nc1c(C(=O)NCc2ccc(F)cc2)c2nc3ccccc3nc2n1-c1cccc(F)c1. The third-order valence-electron chi connectivity index (χ3n) is 5.16. The van der Waals surface area contributed by atoms with Crippen LogP contribution in [0.15, 0.2) is 72.8 Å². The highest BCUT2D eigenvalue weighted by molar-refractivity contribution is 6.11. The molecule has 8 heteroatoms. The highest BCUT2D eigenvalue weighted by atomic mass is 19.1. The molecule has 5 aromatic rings. The lowest BCUT2D eigenvalue weighted by Crippen LogP contribution is -2.24. The quantitative estimate of drug-likeness (QED) is 0.444. The van der Waals surface area contributed by atoms with Crippen LogP contribution in [-0.4, -0.2) is 20.4 Å². The van der Waals surface area contributed by atoms with Crippen molar-refractivity contribution in [1.82, 2.24) is 19.9 Å². The summed E-state index contributed by atoms with van der Waals surface area (Å²) in [6, 6.07) is 18.9. The zero-order chi connectivity index (χ0) is 22.2. The Hall–Kier alpha value is -4.33. The summed E-state index contributed by atoms with van der Waals surface area (Å²) in [7, 11) is 0. The van der Waals surface area contributed by atoms with E-state index in [2.05, 4.69) is 15.3 Å². The Bertz CT molecular complexity index is 1480. The maximum absolute atomic E-state index is 13.9. The van der Waals surface area contributed by atoms with Gasteiger partial charge in [-0.1, -0.05) is 30.3 Å². The fourth-order valence-corrected chi connectivity index (χ4v) is 3.63. The Kier molecular flexibility index (Phi) is 4.74. The molecule has 0 aliphatic heterocycles. The average Bonchev–Trinajstić information content (AvgIpc) is 3.07. The summed E-state index contributed by atoms with van der Waals surface area (Å²) < 4.78 is 28.6. The van der Waals surface area contributed by atoms with Gasteiger partial charge in [-0.05, 0) is 48.0 Å². The minimum absolute atomic E-state index is 0.0949. The fourth-order valence-electron chi connectivity index (χ4n) is 3.63. The maximum Gasteiger partial charge on any atom is 0.257 e. The predicted molar refractivity (Wildman–Crippen MR) is 118 cm³/mol. The molecule has 0 bridgehead atoms. The van der Waals surface area contributed by atoms with E-state index in [4.69, 9.17) is 5.73 Å². The number of hydrogen-bond donors (Lipinski definition) is 2. The Morgan fingerprint density at radius 3 is 2.34 bits per heavy atom. The first-order valence-corrected chi connectivity index (χ1v) is 9.86. The van der Waals surface area contributed by atoms with Crippen molar-refractivity contribution < 1.29 is 13.6 Å². The zero-order valence-electron chi connectivity index (χ0n) is 16.7. The molecule has 0 saturated carbocycles. The molecule has 0 unspecified atom stereocenters. The van der Waals surface area contributed by atoms with E-state index in [1.165, 1.54) is 28.8 Å². The maximum atomic E-state index is 13.9. The van der Waals surface area contributed by atoms with E-state index < -0.39 is 11.7 Å². The lowest BCUT2D eigenvalue weighted by Gasteiger charge is -2.08. The van der Waals surface area contributed by atoms with Gasteiger partial charge in [-0.15, -0.1) is 0 Å². The number of carbonyl (C=O) groups is 1. The monoisotopic (exact) mass is 429 g/mol. The average molecular weight is 429 g/mol. The van der Waals surface area contributed by atoms with E-state index in [1.54, 1.807) is 36.4 Å². The lowest BCUT2D eigenvalue weighted by molar-refractivity contribution is 0.0953. The Balaban J connectivity index is 1.65. The molecule has 0 atom stereocenters. The van der Waals surface area contributed by atoms with E-state index in [9.17, 15) is 13.6 Å². The Labute approximate surface area is 181 Å². The third-order valence-corrected chi connectivity index (χ3v) is 5.16. The summed E-state index contributed by atoms with van der Waals surface area (Å²) >= 11 is 0. The van der Waals surface area contributed by atoms with Crippen LogP contribution in [0.5, 0.6) is 0 Å². The van der Waals surface area contributed by atoms with Gasteiger partial charge in [0.25, 0.3) is 5.91 Å². The van der Waals surface area contributed by atoms with Crippen LogP contribution in [0.3, 0.4) is 0 Å². The number of halogens is 2. The first-order valence-electron chi connectivity index (χ1n) is 9.86. The largest absolute Gasteiger partial charge is 0.384 e. The number of para-hydroxylation sites is 2. The molecule has 2 heterocycles. The van der Waals surface area contributed by atoms with E-state index in [0.717, 1.165) is 5.56 Å². The minimum Gasteiger partial charge on any atom is -0.384 e. The van der Waals surface area contributed by atoms with E-state index in [0.29, 0.717) is 27.9 Å². The van der Waals surface area contributed by atoms with Crippen molar-refractivity contribution >= 4 is 33.9 Å². The number of nitrogens with one attached hydrogen (secondary N) is 1. The first kappa shape index (κ1) is 19.6. The number of rotatable bonds is 4. The number of aromatic nitrogens is 3. The van der Waals surface area contributed by atoms with Crippen LogP contribution in [0.25, 0.3) is 27.9 Å². The summed E-state index contributed by atoms with van der Waals surface area (Å²) in [5, 5.41) is 2.80. The number of nitrogens with zero attached hydrogens (tertiary/aromatic N) is 3. The summed E-state index contributed by atoms with van der Waals surface area (Å²) in [5.41, 5.74) is 9.57. The van der Waals surface area contributed by atoms with Crippen molar-refractivity contribution in [3.8, 4) is 5.69 Å². The van der Waals surface area contributed by atoms with Gasteiger partial charge in [-0.25, -0.2) is 18.7 Å². The zero-order valence-corrected chi connectivity index (χ0v) is 16.7. The van der Waals surface area contributed by atoms with Crippen molar-refractivity contribution in [2.75, 3.05) is 5.73 Å². The normalized spacial score (nSPS) is 11.2. The number of nitrogen functional groups attached to an aromatic ring is 1. The second-order valence-corrected chi connectivity index (χ2v) is 7.27. The Morgan fingerprint density at radius 1 is 0.906 bits per heavy atom. The highest BCUT2D eigenvalue weighted by Gasteiger charge is 2.24. The van der Waals surface area contributed by atoms with E-state index in [-0.39, 0.29) is 23.7 Å². The number of anilines is 1. The summed E-state index contributed by atoms with van der Waals surface area (Å²) in [6.07, 6.45) is 0. The van der Waals surface area contributed by atoms with Crippen LogP contribution in [0.2, 0.25) is 0 Å². The van der Waals surface area contributed by atoms with Gasteiger partial charge in [0, 0.05) is 6.54 Å². The molecule has 0 spiro atoms. The molecular weight excluding hydrogens is 412 g/mol. The van der Waals surface area contributed by atoms with Gasteiger partial charge in [0.2, 0.25) is 0 Å². The van der Waals surface area contributed by atoms with E-state index >= 15 is 0 Å². The number of benzene rings is 3. The molecule has 6 nitrogen and oxygen atoms in total. The second-order valence-electron chi connectivity index (χ2n) is 7.27. The fraction of sp³-hybridized carbons (Fsp3) is 0.0417. The molecular formula is C24H17F2N5O. The number of amides is 1. The molecule has 32 heavy (non-hydrogen) atoms. The molecule has 158 valence electrons. The smallest absolute Gasteiger partial charge is 0.257 e. The van der Waals surface area contributed by atoms with Gasteiger partial charge in [-0.3, -0.25) is 9.36 Å². The molecule has 0 fully saturated rings. The van der Waals surface area contributed by atoms with Crippen LogP contribution >= 0.6 is 0 Å². The predicted octanol–water partition coefficient (Wildman–Crippen LogP) is 4.36. The van der Waals surface area contributed by atoms with Crippen molar-refractivity contribution in [2.45, 2.75) is 6.54 Å². The minimum atomic E-state index is -0.462. The summed E-state index contributed by atoms with van der Waals surface area (Å²) in [6.45, 7) is 0.173. The molecule has 3 N–H and O–H groups in total. The third kappa shape index (κ3) is 3.41.